The number of hydrogen-bond acceptors (Lipinski definition) is 0. The predicted octanol–water partition coefficient (Wildman–Crippen LogP) is 13.5. The molecule has 0 aliphatic heterocycles. The standard InChI is InChI=1S/C35H73P/c1-5-8-11-14-17-20-23-26-29-34(33-36)32-35(4,30-27-24-21-18-15-12-9-6-2)31-28-25-22-19-16-13-10-7-3/h34H,5-33,36H2,1-4H3. The van der Waals surface area contributed by atoms with Crippen LogP contribution in [-0.2, 0) is 0 Å². The van der Waals surface area contributed by atoms with Crippen molar-refractivity contribution in [2.45, 2.75) is 207 Å². The van der Waals surface area contributed by atoms with Crippen LogP contribution in [-0.4, -0.2) is 6.16 Å². The molecule has 0 saturated heterocycles. The zero-order valence-corrected chi connectivity index (χ0v) is 27.3. The number of unbranched alkanes of at least 4 members (excludes halogenated alkanes) is 21. The fraction of sp³-hybridized carbons (Fsp3) is 1.00. The summed E-state index contributed by atoms with van der Waals surface area (Å²) in [5.74, 6) is 0.933. The Labute approximate surface area is 233 Å². The van der Waals surface area contributed by atoms with Gasteiger partial charge in [0.05, 0.1) is 0 Å². The van der Waals surface area contributed by atoms with E-state index >= 15 is 0 Å². The van der Waals surface area contributed by atoms with Gasteiger partial charge in [0.25, 0.3) is 0 Å². The van der Waals surface area contributed by atoms with Crippen LogP contribution in [0.15, 0.2) is 0 Å². The van der Waals surface area contributed by atoms with Gasteiger partial charge in [-0.2, -0.15) is 0 Å². The smallest absolute Gasteiger partial charge is 0.0323 e. The van der Waals surface area contributed by atoms with E-state index in [0.29, 0.717) is 5.41 Å². The summed E-state index contributed by atoms with van der Waals surface area (Å²) in [5.41, 5.74) is 0.589. The Hall–Kier alpha value is 0.430. The normalized spacial score (nSPS) is 12.9. The van der Waals surface area contributed by atoms with Crippen molar-refractivity contribution in [1.29, 1.82) is 0 Å². The first kappa shape index (κ1) is 36.4. The highest BCUT2D eigenvalue weighted by Gasteiger charge is 2.26. The molecule has 2 atom stereocenters. The lowest BCUT2D eigenvalue weighted by atomic mass is 9.73. The van der Waals surface area contributed by atoms with Gasteiger partial charge in [-0.1, -0.05) is 188 Å². The summed E-state index contributed by atoms with van der Waals surface area (Å²) in [5, 5.41) is 0. The zero-order chi connectivity index (χ0) is 26.6. The molecule has 0 heterocycles. The molecule has 0 amide bonds. The van der Waals surface area contributed by atoms with E-state index in [-0.39, 0.29) is 0 Å². The Morgan fingerprint density at radius 3 is 1.08 bits per heavy atom. The van der Waals surface area contributed by atoms with Gasteiger partial charge in [0, 0.05) is 0 Å². The van der Waals surface area contributed by atoms with Crippen molar-refractivity contribution in [2.75, 3.05) is 6.16 Å². The molecule has 0 rings (SSSR count). The van der Waals surface area contributed by atoms with Crippen LogP contribution < -0.4 is 0 Å². The van der Waals surface area contributed by atoms with Gasteiger partial charge in [-0.25, -0.2) is 0 Å². The molecule has 0 spiro atoms. The summed E-state index contributed by atoms with van der Waals surface area (Å²) in [6.45, 7) is 9.64. The van der Waals surface area contributed by atoms with E-state index < -0.39 is 0 Å². The first-order chi connectivity index (χ1) is 17.6. The molecule has 2 unspecified atom stereocenters. The van der Waals surface area contributed by atoms with Crippen LogP contribution >= 0.6 is 9.24 Å². The van der Waals surface area contributed by atoms with E-state index in [9.17, 15) is 0 Å². The molecular formula is C35H73P. The van der Waals surface area contributed by atoms with Crippen molar-refractivity contribution in [3.63, 3.8) is 0 Å². The van der Waals surface area contributed by atoms with Crippen LogP contribution in [0.4, 0.5) is 0 Å². The van der Waals surface area contributed by atoms with Gasteiger partial charge in [-0.15, -0.1) is 9.24 Å². The highest BCUT2D eigenvalue weighted by Crippen LogP contribution is 2.39. The highest BCUT2D eigenvalue weighted by atomic mass is 31.0. The molecule has 0 aromatic rings. The fourth-order valence-corrected chi connectivity index (χ4v) is 6.67. The Bertz CT molecular complexity index is 383. The second-order valence-electron chi connectivity index (χ2n) is 12.8. The second-order valence-corrected chi connectivity index (χ2v) is 13.3. The molecule has 36 heavy (non-hydrogen) atoms. The summed E-state index contributed by atoms with van der Waals surface area (Å²) in [6.07, 6.45) is 42.1. The van der Waals surface area contributed by atoms with E-state index in [1.807, 2.05) is 0 Å². The quantitative estimate of drug-likeness (QED) is 0.0647. The molecule has 0 aromatic carbocycles. The number of hydrogen-bond donors (Lipinski definition) is 0. The maximum Gasteiger partial charge on any atom is -0.0323 e. The Morgan fingerprint density at radius 1 is 0.444 bits per heavy atom. The van der Waals surface area contributed by atoms with Gasteiger partial charge in [0.2, 0.25) is 0 Å². The van der Waals surface area contributed by atoms with Crippen molar-refractivity contribution in [3.8, 4) is 0 Å². The average Bonchev–Trinajstić information content (AvgIpc) is 2.88. The van der Waals surface area contributed by atoms with Gasteiger partial charge < -0.3 is 0 Å². The second kappa shape index (κ2) is 28.4. The Morgan fingerprint density at radius 2 is 0.750 bits per heavy atom. The summed E-state index contributed by atoms with van der Waals surface area (Å²) in [4.78, 5) is 0. The van der Waals surface area contributed by atoms with Crippen LogP contribution in [0.3, 0.4) is 0 Å². The van der Waals surface area contributed by atoms with Crippen molar-refractivity contribution >= 4 is 9.24 Å². The molecule has 0 nitrogen and oxygen atoms in total. The largest absolute Gasteiger partial charge is 0.137 e. The molecule has 218 valence electrons. The maximum atomic E-state index is 3.12. The summed E-state index contributed by atoms with van der Waals surface area (Å²) < 4.78 is 0. The van der Waals surface area contributed by atoms with Gasteiger partial charge in [0.15, 0.2) is 0 Å². The van der Waals surface area contributed by atoms with Gasteiger partial charge in [0.1, 0.15) is 0 Å². The molecule has 0 aromatic heterocycles. The average molecular weight is 525 g/mol. The third-order valence-electron chi connectivity index (χ3n) is 8.85. The SMILES string of the molecule is CCCCCCCCCCC(CP)CC(C)(CCCCCCCCCC)CCCCCCCCCC. The first-order valence-corrected chi connectivity index (χ1v) is 18.1. The maximum absolute atomic E-state index is 3.12. The lowest BCUT2D eigenvalue weighted by molar-refractivity contribution is 0.191. The van der Waals surface area contributed by atoms with Crippen LogP contribution in [0, 0.1) is 11.3 Å². The number of rotatable bonds is 30. The lowest BCUT2D eigenvalue weighted by Crippen LogP contribution is -2.22. The van der Waals surface area contributed by atoms with Crippen LogP contribution in [0.2, 0.25) is 0 Å². The third kappa shape index (κ3) is 24.7. The van der Waals surface area contributed by atoms with E-state index in [1.54, 1.807) is 0 Å². The van der Waals surface area contributed by atoms with Gasteiger partial charge >= 0.3 is 0 Å². The lowest BCUT2D eigenvalue weighted by Gasteiger charge is -2.34. The molecule has 1 heteroatoms. The minimum absolute atomic E-state index is 0.589. The van der Waals surface area contributed by atoms with Crippen molar-refractivity contribution < 1.29 is 0 Å². The van der Waals surface area contributed by atoms with Crippen molar-refractivity contribution in [1.82, 2.24) is 0 Å². The summed E-state index contributed by atoms with van der Waals surface area (Å²) in [6, 6.07) is 0. The summed E-state index contributed by atoms with van der Waals surface area (Å²) in [7, 11) is 3.12. The van der Waals surface area contributed by atoms with Gasteiger partial charge in [-0.05, 0) is 36.8 Å². The summed E-state index contributed by atoms with van der Waals surface area (Å²) >= 11 is 0. The molecule has 0 aliphatic rings. The van der Waals surface area contributed by atoms with Crippen LogP contribution in [0.5, 0.6) is 0 Å². The van der Waals surface area contributed by atoms with E-state index in [4.69, 9.17) is 0 Å². The van der Waals surface area contributed by atoms with E-state index in [1.165, 1.54) is 186 Å². The fourth-order valence-electron chi connectivity index (χ4n) is 6.27. The molecule has 0 radical (unpaired) electrons. The van der Waals surface area contributed by atoms with E-state index in [0.717, 1.165) is 5.92 Å². The minimum atomic E-state index is 0.589. The molecule has 0 fully saturated rings. The van der Waals surface area contributed by atoms with Crippen molar-refractivity contribution in [3.05, 3.63) is 0 Å². The molecule has 0 aliphatic carbocycles. The molecular weight excluding hydrogens is 451 g/mol. The minimum Gasteiger partial charge on any atom is -0.137 e. The first-order valence-electron chi connectivity index (χ1n) is 17.3. The molecule has 0 N–H and O–H groups in total. The third-order valence-corrected chi connectivity index (χ3v) is 9.52. The molecule has 0 saturated carbocycles. The Balaban J connectivity index is 4.37. The van der Waals surface area contributed by atoms with E-state index in [2.05, 4.69) is 36.9 Å². The Kier molecular flexibility index (Phi) is 28.8. The van der Waals surface area contributed by atoms with Gasteiger partial charge in [-0.3, -0.25) is 0 Å². The highest BCUT2D eigenvalue weighted by molar-refractivity contribution is 7.16. The molecule has 0 bridgehead atoms. The monoisotopic (exact) mass is 525 g/mol. The van der Waals surface area contributed by atoms with Crippen LogP contribution in [0.25, 0.3) is 0 Å². The topological polar surface area (TPSA) is 0 Å². The zero-order valence-electron chi connectivity index (χ0n) is 26.2. The van der Waals surface area contributed by atoms with Crippen molar-refractivity contribution in [2.24, 2.45) is 11.3 Å². The van der Waals surface area contributed by atoms with Crippen LogP contribution in [0.1, 0.15) is 207 Å². The predicted molar refractivity (Wildman–Crippen MR) is 172 cm³/mol.